The summed E-state index contributed by atoms with van der Waals surface area (Å²) in [5.41, 5.74) is 1.18. The molecule has 19 heavy (non-hydrogen) atoms. The number of hydrogen-bond donors (Lipinski definition) is 2. The number of amides is 2. The Kier molecular flexibility index (Phi) is 5.63. The molecule has 0 unspecified atom stereocenters. The average molecular weight is 285 g/mol. The Morgan fingerprint density at radius 3 is 2.47 bits per heavy atom. The fourth-order valence-electron chi connectivity index (χ4n) is 1.68. The van der Waals surface area contributed by atoms with Gasteiger partial charge in [0, 0.05) is 25.0 Å². The van der Waals surface area contributed by atoms with E-state index < -0.39 is 0 Å². The van der Waals surface area contributed by atoms with Gasteiger partial charge in [0.1, 0.15) is 5.75 Å². The van der Waals surface area contributed by atoms with E-state index in [1.165, 1.54) is 14.0 Å². The first-order valence-corrected chi connectivity index (χ1v) is 6.20. The van der Waals surface area contributed by atoms with Crippen molar-refractivity contribution in [2.45, 2.75) is 13.8 Å². The van der Waals surface area contributed by atoms with Crippen molar-refractivity contribution in [1.29, 1.82) is 0 Å². The minimum absolute atomic E-state index is 0.134. The zero-order valence-electron chi connectivity index (χ0n) is 11.2. The second-order valence-electron chi connectivity index (χ2n) is 4.04. The first-order valence-electron chi connectivity index (χ1n) is 5.82. The van der Waals surface area contributed by atoms with Crippen LogP contribution in [0.15, 0.2) is 12.1 Å². The summed E-state index contributed by atoms with van der Waals surface area (Å²) in [5.74, 6) is 0.0830. The van der Waals surface area contributed by atoms with E-state index in [-0.39, 0.29) is 11.8 Å². The number of halogens is 1. The summed E-state index contributed by atoms with van der Waals surface area (Å²) < 4.78 is 5.21. The first-order chi connectivity index (χ1) is 8.95. The van der Waals surface area contributed by atoms with E-state index in [1.54, 1.807) is 12.1 Å². The summed E-state index contributed by atoms with van der Waals surface area (Å²) in [6, 6.07) is 3.29. The Morgan fingerprint density at radius 2 is 1.89 bits per heavy atom. The lowest BCUT2D eigenvalue weighted by Gasteiger charge is -2.12. The van der Waals surface area contributed by atoms with Crippen molar-refractivity contribution in [3.63, 3.8) is 0 Å². The van der Waals surface area contributed by atoms with Crippen LogP contribution in [0.2, 0.25) is 5.02 Å². The van der Waals surface area contributed by atoms with Crippen molar-refractivity contribution >= 4 is 23.4 Å². The Balaban J connectivity index is 2.73. The third-order valence-electron chi connectivity index (χ3n) is 2.47. The van der Waals surface area contributed by atoms with Crippen LogP contribution in [0.1, 0.15) is 22.8 Å². The van der Waals surface area contributed by atoms with Crippen LogP contribution in [-0.4, -0.2) is 32.0 Å². The summed E-state index contributed by atoms with van der Waals surface area (Å²) in [5, 5.41) is 5.76. The standard InChI is InChI=1S/C13H17ClN2O3/c1-8-6-10(14)7-11(12(8)19-3)13(18)16-5-4-15-9(2)17/h6-7H,4-5H2,1-3H3,(H,15,17)(H,16,18). The van der Waals surface area contributed by atoms with E-state index in [2.05, 4.69) is 10.6 Å². The third kappa shape index (κ3) is 4.44. The molecule has 0 bridgehead atoms. The van der Waals surface area contributed by atoms with E-state index in [0.717, 1.165) is 5.56 Å². The minimum atomic E-state index is -0.284. The average Bonchev–Trinajstić information content (AvgIpc) is 2.33. The van der Waals surface area contributed by atoms with Crippen molar-refractivity contribution in [3.8, 4) is 5.75 Å². The molecule has 0 aliphatic heterocycles. The van der Waals surface area contributed by atoms with Gasteiger partial charge in [0.2, 0.25) is 5.91 Å². The van der Waals surface area contributed by atoms with Crippen LogP contribution in [0.5, 0.6) is 5.75 Å². The van der Waals surface area contributed by atoms with Gasteiger partial charge in [-0.15, -0.1) is 0 Å². The molecular formula is C13H17ClN2O3. The normalized spacial score (nSPS) is 9.89. The number of hydrogen-bond acceptors (Lipinski definition) is 3. The molecule has 1 aromatic rings. The molecule has 2 amide bonds. The molecule has 1 rings (SSSR count). The third-order valence-corrected chi connectivity index (χ3v) is 2.69. The number of methoxy groups -OCH3 is 1. The van der Waals surface area contributed by atoms with Gasteiger partial charge in [0.25, 0.3) is 5.91 Å². The molecule has 5 nitrogen and oxygen atoms in total. The van der Waals surface area contributed by atoms with E-state index in [4.69, 9.17) is 16.3 Å². The molecule has 104 valence electrons. The van der Waals surface area contributed by atoms with Crippen LogP contribution in [0, 0.1) is 6.92 Å². The summed E-state index contributed by atoms with van der Waals surface area (Å²) >= 11 is 5.93. The van der Waals surface area contributed by atoms with Gasteiger partial charge in [-0.1, -0.05) is 11.6 Å². The number of aryl methyl sites for hydroxylation is 1. The summed E-state index contributed by atoms with van der Waals surface area (Å²) in [6.45, 7) is 3.96. The lowest BCUT2D eigenvalue weighted by Crippen LogP contribution is -2.33. The molecule has 0 aliphatic carbocycles. The quantitative estimate of drug-likeness (QED) is 0.806. The highest BCUT2D eigenvalue weighted by Gasteiger charge is 2.15. The Morgan fingerprint density at radius 1 is 1.26 bits per heavy atom. The first kappa shape index (κ1) is 15.3. The van der Waals surface area contributed by atoms with Crippen molar-refractivity contribution in [3.05, 3.63) is 28.3 Å². The largest absolute Gasteiger partial charge is 0.496 e. The molecule has 6 heteroatoms. The van der Waals surface area contributed by atoms with Gasteiger partial charge in [0.15, 0.2) is 0 Å². The number of ether oxygens (including phenoxy) is 1. The van der Waals surface area contributed by atoms with Crippen molar-refractivity contribution in [2.24, 2.45) is 0 Å². The summed E-state index contributed by atoms with van der Waals surface area (Å²) in [6.07, 6.45) is 0. The zero-order valence-corrected chi connectivity index (χ0v) is 11.9. The second kappa shape index (κ2) is 6.99. The van der Waals surface area contributed by atoms with Gasteiger partial charge in [0.05, 0.1) is 12.7 Å². The van der Waals surface area contributed by atoms with Crippen LogP contribution in [0.3, 0.4) is 0 Å². The molecule has 0 fully saturated rings. The van der Waals surface area contributed by atoms with E-state index in [9.17, 15) is 9.59 Å². The van der Waals surface area contributed by atoms with Crippen molar-refractivity contribution < 1.29 is 14.3 Å². The van der Waals surface area contributed by atoms with Crippen LogP contribution < -0.4 is 15.4 Å². The van der Waals surface area contributed by atoms with Gasteiger partial charge >= 0.3 is 0 Å². The second-order valence-corrected chi connectivity index (χ2v) is 4.48. The van der Waals surface area contributed by atoms with Gasteiger partial charge in [-0.25, -0.2) is 0 Å². The molecule has 0 spiro atoms. The van der Waals surface area contributed by atoms with E-state index >= 15 is 0 Å². The SMILES string of the molecule is COc1c(C)cc(Cl)cc1C(=O)NCCNC(C)=O. The van der Waals surface area contributed by atoms with E-state index in [1.807, 2.05) is 6.92 Å². The molecule has 0 saturated carbocycles. The molecular weight excluding hydrogens is 268 g/mol. The molecule has 0 aromatic heterocycles. The van der Waals surface area contributed by atoms with Gasteiger partial charge < -0.3 is 15.4 Å². The molecule has 0 heterocycles. The number of rotatable bonds is 5. The molecule has 0 aliphatic rings. The van der Waals surface area contributed by atoms with Crippen LogP contribution in [0.4, 0.5) is 0 Å². The highest BCUT2D eigenvalue weighted by molar-refractivity contribution is 6.31. The van der Waals surface area contributed by atoms with Crippen LogP contribution >= 0.6 is 11.6 Å². The number of carbonyl (C=O) groups is 2. The van der Waals surface area contributed by atoms with Gasteiger partial charge in [-0.2, -0.15) is 0 Å². The lowest BCUT2D eigenvalue weighted by molar-refractivity contribution is -0.118. The van der Waals surface area contributed by atoms with Gasteiger partial charge in [-0.05, 0) is 24.6 Å². The highest BCUT2D eigenvalue weighted by Crippen LogP contribution is 2.27. The topological polar surface area (TPSA) is 67.4 Å². The summed E-state index contributed by atoms with van der Waals surface area (Å²) in [4.78, 5) is 22.7. The Labute approximate surface area is 117 Å². The number of nitrogens with one attached hydrogen (secondary N) is 2. The molecule has 2 N–H and O–H groups in total. The van der Waals surface area contributed by atoms with Crippen molar-refractivity contribution in [1.82, 2.24) is 10.6 Å². The van der Waals surface area contributed by atoms with Crippen LogP contribution in [0.25, 0.3) is 0 Å². The van der Waals surface area contributed by atoms with E-state index in [0.29, 0.717) is 29.4 Å². The minimum Gasteiger partial charge on any atom is -0.496 e. The Hall–Kier alpha value is -1.75. The number of benzene rings is 1. The fourth-order valence-corrected chi connectivity index (χ4v) is 1.95. The zero-order chi connectivity index (χ0) is 14.4. The predicted molar refractivity (Wildman–Crippen MR) is 73.8 cm³/mol. The molecule has 0 saturated heterocycles. The molecule has 1 aromatic carbocycles. The highest BCUT2D eigenvalue weighted by atomic mass is 35.5. The maximum absolute atomic E-state index is 12.0. The monoisotopic (exact) mass is 284 g/mol. The lowest BCUT2D eigenvalue weighted by atomic mass is 10.1. The fraction of sp³-hybridized carbons (Fsp3) is 0.385. The summed E-state index contributed by atoms with van der Waals surface area (Å²) in [7, 11) is 1.50. The molecule has 0 atom stereocenters. The Bertz CT molecular complexity index is 489. The smallest absolute Gasteiger partial charge is 0.255 e. The van der Waals surface area contributed by atoms with Crippen molar-refractivity contribution in [2.75, 3.05) is 20.2 Å². The predicted octanol–water partition coefficient (Wildman–Crippen LogP) is 1.52. The maximum atomic E-state index is 12.0. The maximum Gasteiger partial charge on any atom is 0.255 e. The van der Waals surface area contributed by atoms with Crippen LogP contribution in [-0.2, 0) is 4.79 Å². The molecule has 0 radical (unpaired) electrons. The number of carbonyl (C=O) groups excluding carboxylic acids is 2. The van der Waals surface area contributed by atoms with Gasteiger partial charge in [-0.3, -0.25) is 9.59 Å².